The Balaban J connectivity index is 1.87. The molecule has 15 heavy (non-hydrogen) atoms. The van der Waals surface area contributed by atoms with Gasteiger partial charge in [-0.2, -0.15) is 0 Å². The number of pyridine rings is 1. The van der Waals surface area contributed by atoms with Gasteiger partial charge in [-0.15, -0.1) is 0 Å². The summed E-state index contributed by atoms with van der Waals surface area (Å²) in [5.41, 5.74) is 2.08. The molecule has 0 saturated carbocycles. The third kappa shape index (κ3) is 2.26. The summed E-state index contributed by atoms with van der Waals surface area (Å²) in [5, 5.41) is 3.37. The monoisotopic (exact) mass is 205 g/mol. The summed E-state index contributed by atoms with van der Waals surface area (Å²) in [6.07, 6.45) is 1.79. The quantitative estimate of drug-likeness (QED) is 0.784. The van der Waals surface area contributed by atoms with E-state index in [0.29, 0.717) is 6.04 Å². The minimum atomic E-state index is 0.152. The molecular weight excluding hydrogens is 190 g/mol. The van der Waals surface area contributed by atoms with E-state index in [1.807, 2.05) is 24.0 Å². The van der Waals surface area contributed by atoms with Crippen molar-refractivity contribution in [3.8, 4) is 0 Å². The molecule has 1 aliphatic rings. The van der Waals surface area contributed by atoms with Crippen LogP contribution in [0.15, 0.2) is 18.3 Å². The molecule has 2 heterocycles. The maximum absolute atomic E-state index is 11.0. The molecule has 1 aromatic heterocycles. The minimum absolute atomic E-state index is 0.152. The number of carbonyl (C=O) groups excluding carboxylic acids is 1. The second-order valence-electron chi connectivity index (χ2n) is 3.95. The summed E-state index contributed by atoms with van der Waals surface area (Å²) in [6, 6.07) is 4.34. The van der Waals surface area contributed by atoms with Crippen LogP contribution in [0.2, 0.25) is 0 Å². The lowest BCUT2D eigenvalue weighted by Crippen LogP contribution is -2.56. The molecule has 1 N–H and O–H groups in total. The van der Waals surface area contributed by atoms with Crippen LogP contribution in [0, 0.1) is 6.92 Å². The maximum Gasteiger partial charge on any atom is 0.219 e. The number of aryl methyl sites for hydroxylation is 1. The highest BCUT2D eigenvalue weighted by molar-refractivity contribution is 5.74. The van der Waals surface area contributed by atoms with Crippen LogP contribution in [-0.4, -0.2) is 34.9 Å². The van der Waals surface area contributed by atoms with Gasteiger partial charge < -0.3 is 10.2 Å². The molecule has 1 aromatic rings. The first-order valence-electron chi connectivity index (χ1n) is 5.10. The third-order valence-electron chi connectivity index (χ3n) is 2.59. The molecule has 4 heteroatoms. The van der Waals surface area contributed by atoms with Crippen molar-refractivity contribution in [1.82, 2.24) is 9.88 Å². The molecule has 2 rings (SSSR count). The molecule has 0 aromatic carbocycles. The van der Waals surface area contributed by atoms with Crippen LogP contribution in [0.5, 0.6) is 0 Å². The van der Waals surface area contributed by atoms with Crippen molar-refractivity contribution in [1.29, 1.82) is 0 Å². The van der Waals surface area contributed by atoms with Gasteiger partial charge in [-0.25, -0.2) is 0 Å². The largest absolute Gasteiger partial charge is 0.379 e. The number of nitrogens with one attached hydrogen (secondary N) is 1. The van der Waals surface area contributed by atoms with Crippen LogP contribution >= 0.6 is 0 Å². The van der Waals surface area contributed by atoms with Crippen molar-refractivity contribution in [2.45, 2.75) is 19.9 Å². The number of carbonyl (C=O) groups is 1. The molecule has 0 radical (unpaired) electrons. The second kappa shape index (κ2) is 3.88. The van der Waals surface area contributed by atoms with Crippen LogP contribution in [0.4, 0.5) is 5.69 Å². The Morgan fingerprint density at radius 3 is 2.93 bits per heavy atom. The summed E-state index contributed by atoms with van der Waals surface area (Å²) in [7, 11) is 0. The maximum atomic E-state index is 11.0. The zero-order valence-corrected chi connectivity index (χ0v) is 9.03. The van der Waals surface area contributed by atoms with E-state index in [9.17, 15) is 4.79 Å². The Kier molecular flexibility index (Phi) is 2.58. The lowest BCUT2D eigenvalue weighted by Gasteiger charge is -2.39. The van der Waals surface area contributed by atoms with Crippen molar-refractivity contribution < 1.29 is 4.79 Å². The predicted molar refractivity (Wildman–Crippen MR) is 58.6 cm³/mol. The fourth-order valence-electron chi connectivity index (χ4n) is 1.70. The van der Waals surface area contributed by atoms with Crippen LogP contribution < -0.4 is 5.32 Å². The van der Waals surface area contributed by atoms with Crippen molar-refractivity contribution in [3.63, 3.8) is 0 Å². The number of aromatic nitrogens is 1. The van der Waals surface area contributed by atoms with Crippen LogP contribution in [0.25, 0.3) is 0 Å². The SMILES string of the molecule is CC(=O)N1CC(Nc2ccnc(C)c2)C1. The molecule has 0 unspecified atom stereocenters. The van der Waals surface area contributed by atoms with E-state index in [2.05, 4.69) is 10.3 Å². The van der Waals surface area contributed by atoms with Crippen molar-refractivity contribution in [2.24, 2.45) is 0 Å². The van der Waals surface area contributed by atoms with E-state index in [4.69, 9.17) is 0 Å². The Hall–Kier alpha value is -1.58. The van der Waals surface area contributed by atoms with Gasteiger partial charge in [0.05, 0.1) is 6.04 Å². The molecule has 80 valence electrons. The molecule has 1 amide bonds. The fourth-order valence-corrected chi connectivity index (χ4v) is 1.70. The van der Waals surface area contributed by atoms with E-state index in [1.165, 1.54) is 0 Å². The van der Waals surface area contributed by atoms with Gasteiger partial charge in [0.15, 0.2) is 0 Å². The molecule has 0 bridgehead atoms. The summed E-state index contributed by atoms with van der Waals surface area (Å²) in [5.74, 6) is 0.152. The van der Waals surface area contributed by atoms with E-state index in [1.54, 1.807) is 13.1 Å². The number of likely N-dealkylation sites (tertiary alicyclic amines) is 1. The van der Waals surface area contributed by atoms with Crippen molar-refractivity contribution >= 4 is 11.6 Å². The Morgan fingerprint density at radius 1 is 1.60 bits per heavy atom. The van der Waals surface area contributed by atoms with E-state index in [0.717, 1.165) is 24.5 Å². The Labute approximate surface area is 89.3 Å². The van der Waals surface area contributed by atoms with Gasteiger partial charge >= 0.3 is 0 Å². The lowest BCUT2D eigenvalue weighted by atomic mass is 10.1. The molecular formula is C11H15N3O. The third-order valence-corrected chi connectivity index (χ3v) is 2.59. The summed E-state index contributed by atoms with van der Waals surface area (Å²) >= 11 is 0. The summed E-state index contributed by atoms with van der Waals surface area (Å²) < 4.78 is 0. The van der Waals surface area contributed by atoms with E-state index in [-0.39, 0.29) is 5.91 Å². The number of nitrogens with zero attached hydrogens (tertiary/aromatic N) is 2. The summed E-state index contributed by atoms with van der Waals surface area (Å²) in [4.78, 5) is 16.9. The summed E-state index contributed by atoms with van der Waals surface area (Å²) in [6.45, 7) is 5.17. The second-order valence-corrected chi connectivity index (χ2v) is 3.95. The van der Waals surface area contributed by atoms with Gasteiger partial charge in [-0.1, -0.05) is 0 Å². The highest BCUT2D eigenvalue weighted by Crippen LogP contribution is 2.15. The normalized spacial score (nSPS) is 16.0. The number of hydrogen-bond acceptors (Lipinski definition) is 3. The number of amides is 1. The lowest BCUT2D eigenvalue weighted by molar-refractivity contribution is -0.132. The predicted octanol–water partition coefficient (Wildman–Crippen LogP) is 1.03. The van der Waals surface area contributed by atoms with Crippen molar-refractivity contribution in [2.75, 3.05) is 18.4 Å². The highest BCUT2D eigenvalue weighted by Gasteiger charge is 2.28. The molecule has 1 saturated heterocycles. The van der Waals surface area contributed by atoms with Gasteiger partial charge in [0, 0.05) is 37.6 Å². The van der Waals surface area contributed by atoms with Gasteiger partial charge in [-0.05, 0) is 19.1 Å². The van der Waals surface area contributed by atoms with Gasteiger partial charge in [0.2, 0.25) is 5.91 Å². The van der Waals surface area contributed by atoms with Crippen LogP contribution in [0.1, 0.15) is 12.6 Å². The van der Waals surface area contributed by atoms with Crippen LogP contribution in [0.3, 0.4) is 0 Å². The first-order valence-corrected chi connectivity index (χ1v) is 5.10. The average Bonchev–Trinajstić information content (AvgIpc) is 2.10. The van der Waals surface area contributed by atoms with Crippen LogP contribution in [-0.2, 0) is 4.79 Å². The first kappa shape index (κ1) is 9.96. The molecule has 0 spiro atoms. The zero-order valence-electron chi connectivity index (χ0n) is 9.03. The molecule has 4 nitrogen and oxygen atoms in total. The molecule has 1 aliphatic heterocycles. The molecule has 0 aliphatic carbocycles. The van der Waals surface area contributed by atoms with Gasteiger partial charge in [-0.3, -0.25) is 9.78 Å². The Morgan fingerprint density at radius 2 is 2.33 bits per heavy atom. The number of rotatable bonds is 2. The smallest absolute Gasteiger partial charge is 0.219 e. The number of hydrogen-bond donors (Lipinski definition) is 1. The number of anilines is 1. The highest BCUT2D eigenvalue weighted by atomic mass is 16.2. The minimum Gasteiger partial charge on any atom is -0.379 e. The molecule has 0 atom stereocenters. The van der Waals surface area contributed by atoms with Crippen molar-refractivity contribution in [3.05, 3.63) is 24.0 Å². The van der Waals surface area contributed by atoms with Gasteiger partial charge in [0.1, 0.15) is 0 Å². The Bertz CT molecular complexity index is 372. The topological polar surface area (TPSA) is 45.2 Å². The fraction of sp³-hybridized carbons (Fsp3) is 0.455. The zero-order chi connectivity index (χ0) is 10.8. The first-order chi connectivity index (χ1) is 7.15. The molecule has 1 fully saturated rings. The van der Waals surface area contributed by atoms with E-state index >= 15 is 0 Å². The average molecular weight is 205 g/mol. The van der Waals surface area contributed by atoms with Gasteiger partial charge in [0.25, 0.3) is 0 Å². The standard InChI is InChI=1S/C11H15N3O/c1-8-5-10(3-4-12-8)13-11-6-14(7-11)9(2)15/h3-5,11H,6-7H2,1-2H3,(H,12,13). The van der Waals surface area contributed by atoms with E-state index < -0.39 is 0 Å².